The fourth-order valence-electron chi connectivity index (χ4n) is 1.94. The van der Waals surface area contributed by atoms with Gasteiger partial charge in [-0.1, -0.05) is 25.1 Å². The van der Waals surface area contributed by atoms with E-state index in [1.54, 1.807) is 12.1 Å². The predicted octanol–water partition coefficient (Wildman–Crippen LogP) is 3.01. The molecule has 0 atom stereocenters. The molecule has 2 rings (SSSR count). The molecule has 0 bridgehead atoms. The Kier molecular flexibility index (Phi) is 5.19. The summed E-state index contributed by atoms with van der Waals surface area (Å²) in [5.74, 6) is -0.699. The van der Waals surface area contributed by atoms with Gasteiger partial charge in [0.15, 0.2) is 5.76 Å². The minimum atomic E-state index is -1.06. The molecule has 1 amide bonds. The van der Waals surface area contributed by atoms with Gasteiger partial charge >= 0.3 is 5.97 Å². The Labute approximate surface area is 127 Å². The lowest BCUT2D eigenvalue weighted by Gasteiger charge is -2.18. The van der Waals surface area contributed by atoms with E-state index < -0.39 is 11.9 Å². The van der Waals surface area contributed by atoms with Crippen molar-refractivity contribution in [3.63, 3.8) is 0 Å². The van der Waals surface area contributed by atoms with Gasteiger partial charge < -0.3 is 19.2 Å². The molecule has 1 heterocycles. The van der Waals surface area contributed by atoms with E-state index in [1.807, 2.05) is 25.1 Å². The molecule has 2 aromatic rings. The molecule has 6 heteroatoms. The average Bonchev–Trinajstić information content (AvgIpc) is 2.95. The molecule has 0 radical (unpaired) electrons. The summed E-state index contributed by atoms with van der Waals surface area (Å²) in [6.45, 7) is 1.86. The van der Waals surface area contributed by atoms with Crippen LogP contribution in [0.4, 0.5) is 0 Å². The van der Waals surface area contributed by atoms with Crippen LogP contribution in [0.2, 0.25) is 0 Å². The molecule has 0 spiro atoms. The molecule has 0 aliphatic carbocycles. The molecule has 1 aromatic carbocycles. The number of carbonyl (C=O) groups excluding carboxylic acids is 1. The summed E-state index contributed by atoms with van der Waals surface area (Å²) in [7, 11) is 0. The van der Waals surface area contributed by atoms with Crippen molar-refractivity contribution in [2.75, 3.05) is 13.1 Å². The highest BCUT2D eigenvalue weighted by Gasteiger charge is 2.21. The van der Waals surface area contributed by atoms with Crippen molar-refractivity contribution in [2.24, 2.45) is 0 Å². The van der Waals surface area contributed by atoms with Crippen molar-refractivity contribution in [3.8, 4) is 11.7 Å². The fraction of sp³-hybridized carbons (Fsp3) is 0.250. The quantitative estimate of drug-likeness (QED) is 0.850. The van der Waals surface area contributed by atoms with E-state index in [2.05, 4.69) is 0 Å². The number of benzene rings is 1. The first-order chi connectivity index (χ1) is 10.6. The minimum Gasteiger partial charge on any atom is -0.480 e. The first-order valence-corrected chi connectivity index (χ1v) is 6.94. The van der Waals surface area contributed by atoms with Crippen molar-refractivity contribution < 1.29 is 23.8 Å². The molecule has 1 N–H and O–H groups in total. The van der Waals surface area contributed by atoms with Crippen molar-refractivity contribution in [1.82, 2.24) is 4.90 Å². The van der Waals surface area contributed by atoms with Crippen LogP contribution in [-0.4, -0.2) is 35.0 Å². The summed E-state index contributed by atoms with van der Waals surface area (Å²) in [6.07, 6.45) is 0.660. The number of carbonyl (C=O) groups is 2. The first-order valence-electron chi connectivity index (χ1n) is 6.94. The highest BCUT2D eigenvalue weighted by Crippen LogP contribution is 2.24. The Balaban J connectivity index is 2.08. The van der Waals surface area contributed by atoms with Gasteiger partial charge in [-0.2, -0.15) is 0 Å². The maximum absolute atomic E-state index is 12.2. The van der Waals surface area contributed by atoms with Crippen LogP contribution >= 0.6 is 0 Å². The van der Waals surface area contributed by atoms with Crippen LogP contribution < -0.4 is 4.74 Å². The predicted molar refractivity (Wildman–Crippen MR) is 79.1 cm³/mol. The molecule has 0 aliphatic heterocycles. The third kappa shape index (κ3) is 4.12. The second-order valence-corrected chi connectivity index (χ2v) is 4.65. The van der Waals surface area contributed by atoms with Crippen LogP contribution in [0.15, 0.2) is 46.9 Å². The van der Waals surface area contributed by atoms with E-state index in [0.29, 0.717) is 18.7 Å². The average molecular weight is 303 g/mol. The molecular weight excluding hydrogens is 286 g/mol. The number of hydrogen-bond acceptors (Lipinski definition) is 4. The molecule has 22 heavy (non-hydrogen) atoms. The number of amides is 1. The van der Waals surface area contributed by atoms with Gasteiger partial charge in [-0.25, -0.2) is 0 Å². The largest absolute Gasteiger partial charge is 0.480 e. The van der Waals surface area contributed by atoms with E-state index in [-0.39, 0.29) is 18.3 Å². The standard InChI is InChI=1S/C16H17NO5/c1-2-10-17(11-14(18)19)16(20)13-8-9-15(22-13)21-12-6-4-3-5-7-12/h3-9H,2,10-11H2,1H3,(H,18,19). The monoisotopic (exact) mass is 303 g/mol. The Morgan fingerprint density at radius 1 is 1.18 bits per heavy atom. The van der Waals surface area contributed by atoms with Gasteiger partial charge in [-0.15, -0.1) is 0 Å². The molecular formula is C16H17NO5. The smallest absolute Gasteiger partial charge is 0.323 e. The number of nitrogens with zero attached hydrogens (tertiary/aromatic N) is 1. The van der Waals surface area contributed by atoms with Crippen molar-refractivity contribution in [2.45, 2.75) is 13.3 Å². The third-order valence-electron chi connectivity index (χ3n) is 2.86. The second-order valence-electron chi connectivity index (χ2n) is 4.65. The van der Waals surface area contributed by atoms with Gasteiger partial charge in [0, 0.05) is 12.6 Å². The van der Waals surface area contributed by atoms with Crippen LogP contribution in [-0.2, 0) is 4.79 Å². The third-order valence-corrected chi connectivity index (χ3v) is 2.86. The Morgan fingerprint density at radius 3 is 2.55 bits per heavy atom. The van der Waals surface area contributed by atoms with Crippen LogP contribution in [0.3, 0.4) is 0 Å². The number of furan rings is 1. The summed E-state index contributed by atoms with van der Waals surface area (Å²) >= 11 is 0. The maximum Gasteiger partial charge on any atom is 0.323 e. The van der Waals surface area contributed by atoms with E-state index >= 15 is 0 Å². The highest BCUT2D eigenvalue weighted by molar-refractivity contribution is 5.93. The number of hydrogen-bond donors (Lipinski definition) is 1. The number of aliphatic carboxylic acids is 1. The second kappa shape index (κ2) is 7.31. The zero-order chi connectivity index (χ0) is 15.9. The number of carboxylic acid groups (broad SMARTS) is 1. The lowest BCUT2D eigenvalue weighted by Crippen LogP contribution is -2.36. The van der Waals surface area contributed by atoms with Crippen LogP contribution in [0.1, 0.15) is 23.9 Å². The molecule has 6 nitrogen and oxygen atoms in total. The van der Waals surface area contributed by atoms with E-state index in [4.69, 9.17) is 14.3 Å². The molecule has 0 saturated heterocycles. The summed E-state index contributed by atoms with van der Waals surface area (Å²) < 4.78 is 10.8. The van der Waals surface area contributed by atoms with E-state index in [1.165, 1.54) is 17.0 Å². The van der Waals surface area contributed by atoms with E-state index in [0.717, 1.165) is 0 Å². The number of para-hydroxylation sites is 1. The first kappa shape index (κ1) is 15.6. The number of ether oxygens (including phenoxy) is 1. The van der Waals surface area contributed by atoms with Crippen LogP contribution in [0.5, 0.6) is 11.7 Å². The Hall–Kier alpha value is -2.76. The van der Waals surface area contributed by atoms with Gasteiger partial charge in [0.2, 0.25) is 0 Å². The normalized spacial score (nSPS) is 10.2. The summed E-state index contributed by atoms with van der Waals surface area (Å²) in [4.78, 5) is 24.3. The summed E-state index contributed by atoms with van der Waals surface area (Å²) in [5.41, 5.74) is 0. The number of rotatable bonds is 7. The molecule has 116 valence electrons. The maximum atomic E-state index is 12.2. The van der Waals surface area contributed by atoms with Crippen LogP contribution in [0.25, 0.3) is 0 Å². The number of carboxylic acids is 1. The molecule has 0 unspecified atom stereocenters. The topological polar surface area (TPSA) is 80.0 Å². The van der Waals surface area contributed by atoms with Gasteiger partial charge in [-0.3, -0.25) is 9.59 Å². The SMILES string of the molecule is CCCN(CC(=O)O)C(=O)c1ccc(Oc2ccccc2)o1. The highest BCUT2D eigenvalue weighted by atomic mass is 16.6. The Morgan fingerprint density at radius 2 is 1.91 bits per heavy atom. The zero-order valence-corrected chi connectivity index (χ0v) is 12.2. The summed E-state index contributed by atoms with van der Waals surface area (Å²) in [6, 6.07) is 12.0. The molecule has 0 aliphatic rings. The molecule has 0 saturated carbocycles. The van der Waals surface area contributed by atoms with Gasteiger partial charge in [0.1, 0.15) is 12.3 Å². The lowest BCUT2D eigenvalue weighted by molar-refractivity contribution is -0.137. The van der Waals surface area contributed by atoms with Crippen molar-refractivity contribution in [1.29, 1.82) is 0 Å². The van der Waals surface area contributed by atoms with Crippen LogP contribution in [0, 0.1) is 0 Å². The van der Waals surface area contributed by atoms with Crippen molar-refractivity contribution in [3.05, 3.63) is 48.2 Å². The lowest BCUT2D eigenvalue weighted by atomic mass is 10.3. The fourth-order valence-corrected chi connectivity index (χ4v) is 1.94. The van der Waals surface area contributed by atoms with Crippen molar-refractivity contribution >= 4 is 11.9 Å². The summed E-state index contributed by atoms with van der Waals surface area (Å²) in [5, 5.41) is 8.86. The minimum absolute atomic E-state index is 0.0561. The molecule has 0 fully saturated rings. The molecule has 1 aromatic heterocycles. The van der Waals surface area contributed by atoms with Gasteiger partial charge in [0.05, 0.1) is 0 Å². The van der Waals surface area contributed by atoms with E-state index in [9.17, 15) is 9.59 Å². The van der Waals surface area contributed by atoms with Gasteiger partial charge in [-0.05, 0) is 24.6 Å². The van der Waals surface area contributed by atoms with Gasteiger partial charge in [0.25, 0.3) is 11.9 Å². The zero-order valence-electron chi connectivity index (χ0n) is 12.2. The Bertz CT molecular complexity index is 635.